The summed E-state index contributed by atoms with van der Waals surface area (Å²) < 4.78 is 0. The molecule has 0 aliphatic heterocycles. The predicted octanol–water partition coefficient (Wildman–Crippen LogP) is 2.50. The van der Waals surface area contributed by atoms with Crippen molar-refractivity contribution in [1.29, 1.82) is 0 Å². The lowest BCUT2D eigenvalue weighted by Gasteiger charge is -2.12. The van der Waals surface area contributed by atoms with E-state index >= 15 is 0 Å². The van der Waals surface area contributed by atoms with E-state index in [1.54, 1.807) is 12.1 Å². The summed E-state index contributed by atoms with van der Waals surface area (Å²) in [5, 5.41) is 13.1. The van der Waals surface area contributed by atoms with E-state index in [1.807, 2.05) is 13.0 Å². The molecule has 84 valence electrons. The zero-order valence-corrected chi connectivity index (χ0v) is 9.59. The minimum absolute atomic E-state index is 0.263. The van der Waals surface area contributed by atoms with Crippen molar-refractivity contribution in [2.45, 2.75) is 25.9 Å². The monoisotopic (exact) mass is 228 g/mol. The zero-order chi connectivity index (χ0) is 11.3. The summed E-state index contributed by atoms with van der Waals surface area (Å²) in [5.41, 5.74) is 7.15. The van der Waals surface area contributed by atoms with Crippen molar-refractivity contribution >= 4 is 23.0 Å². The van der Waals surface area contributed by atoms with Gasteiger partial charge in [-0.15, -0.1) is 0 Å². The van der Waals surface area contributed by atoms with Crippen LogP contribution in [0.15, 0.2) is 18.2 Å². The second-order valence-corrected chi connectivity index (χ2v) is 3.89. The van der Waals surface area contributed by atoms with Gasteiger partial charge in [0, 0.05) is 6.54 Å². The summed E-state index contributed by atoms with van der Waals surface area (Å²) in [7, 11) is 0. The standard InChI is InChI=1S/C11H17ClN2O/c1-2-8(15)6-7-14-11-9(12)4-3-5-10(11)13/h3-5,8,14-15H,2,6-7,13H2,1H3. The second-order valence-electron chi connectivity index (χ2n) is 3.48. The predicted molar refractivity (Wildman–Crippen MR) is 65.3 cm³/mol. The van der Waals surface area contributed by atoms with Crippen LogP contribution in [-0.4, -0.2) is 17.8 Å². The minimum atomic E-state index is -0.263. The maximum atomic E-state index is 9.37. The molecule has 1 aromatic rings. The number of halogens is 1. The Morgan fingerprint density at radius 3 is 2.87 bits per heavy atom. The lowest BCUT2D eigenvalue weighted by atomic mass is 10.2. The summed E-state index contributed by atoms with van der Waals surface area (Å²) in [6, 6.07) is 5.39. The third-order valence-electron chi connectivity index (χ3n) is 2.30. The quantitative estimate of drug-likeness (QED) is 0.679. The minimum Gasteiger partial charge on any atom is -0.397 e. The summed E-state index contributed by atoms with van der Waals surface area (Å²) in [5.74, 6) is 0. The van der Waals surface area contributed by atoms with Crippen molar-refractivity contribution in [1.82, 2.24) is 0 Å². The fraction of sp³-hybridized carbons (Fsp3) is 0.455. The number of para-hydroxylation sites is 1. The Morgan fingerprint density at radius 1 is 1.53 bits per heavy atom. The van der Waals surface area contributed by atoms with Gasteiger partial charge in [-0.2, -0.15) is 0 Å². The summed E-state index contributed by atoms with van der Waals surface area (Å²) in [6.45, 7) is 2.62. The van der Waals surface area contributed by atoms with Gasteiger partial charge >= 0.3 is 0 Å². The molecule has 0 amide bonds. The first-order valence-corrected chi connectivity index (χ1v) is 5.48. The molecule has 0 aliphatic carbocycles. The average molecular weight is 229 g/mol. The smallest absolute Gasteiger partial charge is 0.0763 e. The van der Waals surface area contributed by atoms with Gasteiger partial charge in [0.15, 0.2) is 0 Å². The van der Waals surface area contributed by atoms with Crippen molar-refractivity contribution in [3.63, 3.8) is 0 Å². The Kier molecular flexibility index (Phi) is 4.72. The Balaban J connectivity index is 2.50. The molecule has 1 rings (SSSR count). The summed E-state index contributed by atoms with van der Waals surface area (Å²) in [6.07, 6.45) is 1.20. The van der Waals surface area contributed by atoms with Gasteiger partial charge in [0.05, 0.1) is 22.5 Å². The van der Waals surface area contributed by atoms with Crippen molar-refractivity contribution in [2.24, 2.45) is 0 Å². The molecular formula is C11H17ClN2O. The highest BCUT2D eigenvalue weighted by Crippen LogP contribution is 2.27. The first-order chi connectivity index (χ1) is 7.15. The number of nitrogens with one attached hydrogen (secondary N) is 1. The normalized spacial score (nSPS) is 12.5. The summed E-state index contributed by atoms with van der Waals surface area (Å²) >= 11 is 5.97. The maximum Gasteiger partial charge on any atom is 0.0763 e. The Labute approximate surface area is 95.2 Å². The first kappa shape index (κ1) is 12.1. The molecule has 1 atom stereocenters. The number of nitrogen functional groups attached to an aromatic ring is 1. The molecule has 0 heterocycles. The van der Waals surface area contributed by atoms with E-state index in [-0.39, 0.29) is 6.10 Å². The fourth-order valence-corrected chi connectivity index (χ4v) is 1.54. The molecule has 4 heteroatoms. The number of rotatable bonds is 5. The van der Waals surface area contributed by atoms with E-state index in [9.17, 15) is 5.11 Å². The van der Waals surface area contributed by atoms with Crippen molar-refractivity contribution < 1.29 is 5.11 Å². The maximum absolute atomic E-state index is 9.37. The van der Waals surface area contributed by atoms with Crippen LogP contribution < -0.4 is 11.1 Å². The molecule has 4 N–H and O–H groups in total. The molecule has 1 unspecified atom stereocenters. The molecule has 0 aromatic heterocycles. The molecule has 1 aromatic carbocycles. The van der Waals surface area contributed by atoms with Crippen LogP contribution in [0.1, 0.15) is 19.8 Å². The van der Waals surface area contributed by atoms with Gasteiger partial charge in [-0.1, -0.05) is 24.6 Å². The Hall–Kier alpha value is -0.930. The summed E-state index contributed by atoms with van der Waals surface area (Å²) in [4.78, 5) is 0. The van der Waals surface area contributed by atoms with E-state index < -0.39 is 0 Å². The van der Waals surface area contributed by atoms with Crippen LogP contribution in [-0.2, 0) is 0 Å². The van der Waals surface area contributed by atoms with Gasteiger partial charge in [0.2, 0.25) is 0 Å². The van der Waals surface area contributed by atoms with Crippen LogP contribution in [0.25, 0.3) is 0 Å². The van der Waals surface area contributed by atoms with E-state index in [0.29, 0.717) is 23.7 Å². The van der Waals surface area contributed by atoms with Crippen molar-refractivity contribution in [3.05, 3.63) is 23.2 Å². The number of hydrogen-bond donors (Lipinski definition) is 3. The molecule has 0 saturated carbocycles. The fourth-order valence-electron chi connectivity index (χ4n) is 1.30. The van der Waals surface area contributed by atoms with Gasteiger partial charge in [-0.05, 0) is 25.0 Å². The second kappa shape index (κ2) is 5.83. The van der Waals surface area contributed by atoms with E-state index in [2.05, 4.69) is 5.32 Å². The third kappa shape index (κ3) is 3.61. The van der Waals surface area contributed by atoms with Crippen LogP contribution in [0.4, 0.5) is 11.4 Å². The lowest BCUT2D eigenvalue weighted by Crippen LogP contribution is -2.13. The van der Waals surface area contributed by atoms with Gasteiger partial charge in [-0.3, -0.25) is 0 Å². The van der Waals surface area contributed by atoms with E-state index in [4.69, 9.17) is 17.3 Å². The highest BCUT2D eigenvalue weighted by atomic mass is 35.5. The van der Waals surface area contributed by atoms with Gasteiger partial charge in [0.25, 0.3) is 0 Å². The van der Waals surface area contributed by atoms with Crippen molar-refractivity contribution in [2.75, 3.05) is 17.6 Å². The van der Waals surface area contributed by atoms with E-state index in [1.165, 1.54) is 0 Å². The topological polar surface area (TPSA) is 58.3 Å². The highest BCUT2D eigenvalue weighted by Gasteiger charge is 2.04. The number of aliphatic hydroxyl groups is 1. The average Bonchev–Trinajstić information content (AvgIpc) is 2.22. The number of hydrogen-bond acceptors (Lipinski definition) is 3. The zero-order valence-electron chi connectivity index (χ0n) is 8.83. The number of nitrogens with two attached hydrogens (primary N) is 1. The molecule has 3 nitrogen and oxygen atoms in total. The number of aliphatic hydroxyl groups excluding tert-OH is 1. The Bertz CT molecular complexity index is 297. The van der Waals surface area contributed by atoms with Crippen molar-refractivity contribution in [3.8, 4) is 0 Å². The Morgan fingerprint density at radius 2 is 2.27 bits per heavy atom. The van der Waals surface area contributed by atoms with Crippen LogP contribution in [0.2, 0.25) is 5.02 Å². The number of benzene rings is 1. The van der Waals surface area contributed by atoms with Gasteiger partial charge < -0.3 is 16.2 Å². The highest BCUT2D eigenvalue weighted by molar-refractivity contribution is 6.33. The third-order valence-corrected chi connectivity index (χ3v) is 2.61. The molecule has 15 heavy (non-hydrogen) atoms. The molecule has 0 bridgehead atoms. The molecule has 0 aliphatic rings. The molecule has 0 fully saturated rings. The first-order valence-electron chi connectivity index (χ1n) is 5.11. The van der Waals surface area contributed by atoms with Gasteiger partial charge in [0.1, 0.15) is 0 Å². The molecule has 0 radical (unpaired) electrons. The molecule has 0 saturated heterocycles. The van der Waals surface area contributed by atoms with E-state index in [0.717, 1.165) is 12.1 Å². The largest absolute Gasteiger partial charge is 0.397 e. The lowest BCUT2D eigenvalue weighted by molar-refractivity contribution is 0.164. The van der Waals surface area contributed by atoms with Crippen LogP contribution >= 0.6 is 11.6 Å². The van der Waals surface area contributed by atoms with Crippen LogP contribution in [0.5, 0.6) is 0 Å². The van der Waals surface area contributed by atoms with Gasteiger partial charge in [-0.25, -0.2) is 0 Å². The number of anilines is 2. The SMILES string of the molecule is CCC(O)CCNc1c(N)cccc1Cl. The van der Waals surface area contributed by atoms with Crippen LogP contribution in [0.3, 0.4) is 0 Å². The van der Waals surface area contributed by atoms with Crippen LogP contribution in [0, 0.1) is 0 Å². The molecule has 0 spiro atoms. The molecular weight excluding hydrogens is 212 g/mol.